The minimum Gasteiger partial charge on any atom is -0.756 e. The third-order valence-corrected chi connectivity index (χ3v) is 16.6. The van der Waals surface area contributed by atoms with E-state index in [-0.39, 0.29) is 24.9 Å². The molecule has 0 radical (unpaired) electrons. The number of phosphoric ester groups is 1. The van der Waals surface area contributed by atoms with Crippen LogP contribution >= 0.6 is 7.82 Å². The average molecular weight is 1170 g/mol. The van der Waals surface area contributed by atoms with E-state index in [1.54, 1.807) is 0 Å². The van der Waals surface area contributed by atoms with E-state index in [1.807, 2.05) is 33.3 Å². The van der Waals surface area contributed by atoms with Gasteiger partial charge in [-0.2, -0.15) is 0 Å². The van der Waals surface area contributed by atoms with Gasteiger partial charge in [0.2, 0.25) is 5.91 Å². The van der Waals surface area contributed by atoms with Crippen molar-refractivity contribution in [1.29, 1.82) is 0 Å². The van der Waals surface area contributed by atoms with Gasteiger partial charge in [-0.1, -0.05) is 287 Å². The van der Waals surface area contributed by atoms with Crippen molar-refractivity contribution in [2.24, 2.45) is 0 Å². The number of nitrogens with zero attached hydrogens (tertiary/aromatic N) is 1. The first kappa shape index (κ1) is 79.7. The monoisotopic (exact) mass is 1170 g/mol. The van der Waals surface area contributed by atoms with Crippen LogP contribution in [0.25, 0.3) is 0 Å². The van der Waals surface area contributed by atoms with Gasteiger partial charge in [-0.25, -0.2) is 0 Å². The normalized spacial score (nSPS) is 13.9. The highest BCUT2D eigenvalue weighted by atomic mass is 31.2. The Morgan fingerprint density at radius 1 is 0.427 bits per heavy atom. The second-order valence-electron chi connectivity index (χ2n) is 25.0. The van der Waals surface area contributed by atoms with Crippen LogP contribution in [0.5, 0.6) is 0 Å². The third-order valence-electron chi connectivity index (χ3n) is 15.7. The van der Waals surface area contributed by atoms with Gasteiger partial charge in [0.05, 0.1) is 33.8 Å². The van der Waals surface area contributed by atoms with Gasteiger partial charge in [0, 0.05) is 12.8 Å². The van der Waals surface area contributed by atoms with E-state index in [1.165, 1.54) is 218 Å². The quantitative estimate of drug-likeness (QED) is 0.0212. The highest BCUT2D eigenvalue weighted by Crippen LogP contribution is 2.38. The van der Waals surface area contributed by atoms with Crippen molar-refractivity contribution >= 4 is 19.7 Å². The van der Waals surface area contributed by atoms with Gasteiger partial charge in [0.1, 0.15) is 19.3 Å². The molecule has 0 aliphatic heterocycles. The number of ether oxygens (including phenoxy) is 1. The molecule has 0 fully saturated rings. The van der Waals surface area contributed by atoms with Crippen molar-refractivity contribution in [3.05, 3.63) is 60.8 Å². The minimum absolute atomic E-state index is 0.0259. The van der Waals surface area contributed by atoms with Crippen LogP contribution in [0, 0.1) is 0 Å². The number of amides is 1. The van der Waals surface area contributed by atoms with E-state index in [4.69, 9.17) is 13.8 Å². The van der Waals surface area contributed by atoms with Crippen molar-refractivity contribution in [3.63, 3.8) is 0 Å². The van der Waals surface area contributed by atoms with Gasteiger partial charge in [-0.3, -0.25) is 14.2 Å². The first-order valence-electron chi connectivity index (χ1n) is 35.1. The molecule has 1 N–H and O–H groups in total. The number of quaternary nitrogens is 1. The zero-order chi connectivity index (χ0) is 60.0. The van der Waals surface area contributed by atoms with E-state index >= 15 is 0 Å². The number of unbranched alkanes of at least 4 members (excludes halogenated alkanes) is 40. The molecule has 0 aliphatic carbocycles. The maximum Gasteiger partial charge on any atom is 0.306 e. The van der Waals surface area contributed by atoms with E-state index < -0.39 is 26.6 Å². The fourth-order valence-electron chi connectivity index (χ4n) is 10.2. The van der Waals surface area contributed by atoms with Gasteiger partial charge in [-0.15, -0.1) is 0 Å². The molecule has 0 saturated heterocycles. The molecule has 0 aromatic rings. The smallest absolute Gasteiger partial charge is 0.306 e. The van der Waals surface area contributed by atoms with Crippen molar-refractivity contribution < 1.29 is 37.3 Å². The zero-order valence-corrected chi connectivity index (χ0v) is 55.8. The summed E-state index contributed by atoms with van der Waals surface area (Å²) in [7, 11) is 1.18. The Kier molecular flexibility index (Phi) is 60.1. The molecule has 82 heavy (non-hydrogen) atoms. The van der Waals surface area contributed by atoms with Gasteiger partial charge in [0.15, 0.2) is 0 Å². The standard InChI is InChI=1S/C72H135N2O7P/c1-7-10-13-16-19-22-25-28-30-32-33-34-35-36-37-38-39-40-41-43-44-46-49-52-55-58-61-64-71(75)73-69(68-80-82(77,78)79-67-66-74(4,5)6)70(63-60-57-54-51-48-27-24-21-18-15-12-9-3)81-72(76)65-62-59-56-53-50-47-45-42-31-29-26-23-20-17-14-11-8-2/h20,23,28-31,45,47,60,63,69-70H,7-19,21-22,24-27,32-44,46,48-59,61-62,64-68H2,1-6H3,(H-,73,75,77,78)/b23-20-,30-28+,31-29-,47-45-,63-60-. The average Bonchev–Trinajstić information content (AvgIpc) is 3.44. The fraction of sp³-hybridized carbons (Fsp3) is 0.833. The number of hydrogen-bond donors (Lipinski definition) is 1. The Bertz CT molecular complexity index is 1590. The molecule has 480 valence electrons. The summed E-state index contributed by atoms with van der Waals surface area (Å²) in [6, 6.07) is -0.898. The van der Waals surface area contributed by atoms with Crippen LogP contribution in [0.15, 0.2) is 60.8 Å². The lowest BCUT2D eigenvalue weighted by molar-refractivity contribution is -0.870. The second-order valence-corrected chi connectivity index (χ2v) is 26.4. The second kappa shape index (κ2) is 61.8. The Hall–Kier alpha value is -2.29. The number of carbonyl (C=O) groups excluding carboxylic acids is 2. The molecule has 0 heterocycles. The molecular formula is C72H135N2O7P. The molecule has 0 rings (SSSR count). The maximum atomic E-state index is 13.6. The van der Waals surface area contributed by atoms with Crippen molar-refractivity contribution in [3.8, 4) is 0 Å². The van der Waals surface area contributed by atoms with E-state index in [9.17, 15) is 19.0 Å². The number of allylic oxidation sites excluding steroid dienone is 9. The molecule has 1 amide bonds. The summed E-state index contributed by atoms with van der Waals surface area (Å²) in [6.45, 7) is 6.83. The predicted octanol–water partition coefficient (Wildman–Crippen LogP) is 21.5. The zero-order valence-electron chi connectivity index (χ0n) is 54.9. The van der Waals surface area contributed by atoms with Crippen LogP contribution in [-0.4, -0.2) is 69.4 Å². The lowest BCUT2D eigenvalue weighted by Gasteiger charge is -2.30. The molecule has 0 aliphatic rings. The lowest BCUT2D eigenvalue weighted by atomic mass is 10.0. The number of phosphoric acid groups is 1. The number of esters is 1. The third kappa shape index (κ3) is 62.2. The Balaban J connectivity index is 5.03. The van der Waals surface area contributed by atoms with Crippen molar-refractivity contribution in [2.75, 3.05) is 40.9 Å². The summed E-state index contributed by atoms with van der Waals surface area (Å²) in [5.41, 5.74) is 0. The number of likely N-dealkylation sites (N-methyl/N-ethyl adjacent to an activating group) is 1. The summed E-state index contributed by atoms with van der Waals surface area (Å²) >= 11 is 0. The molecule has 0 aromatic heterocycles. The molecule has 9 nitrogen and oxygen atoms in total. The van der Waals surface area contributed by atoms with E-state index in [0.29, 0.717) is 23.9 Å². The highest BCUT2D eigenvalue weighted by molar-refractivity contribution is 7.45. The molecule has 3 atom stereocenters. The van der Waals surface area contributed by atoms with Crippen molar-refractivity contribution in [2.45, 2.75) is 348 Å². The number of nitrogens with one attached hydrogen (secondary N) is 1. The SMILES string of the molecule is CCCCC/C=C\C/C=C\C/C=C\CCCCCCC(=O)OC(/C=C\CCCCCCCCCCCC)C(COP(=O)([O-])OCC[N+](C)(C)C)NC(=O)CCCCCCCCCCCCCCCCCCC/C=C/CCCCCCCC. The van der Waals surface area contributed by atoms with Gasteiger partial charge >= 0.3 is 5.97 Å². The summed E-state index contributed by atoms with van der Waals surface area (Å²) in [4.78, 5) is 40.1. The summed E-state index contributed by atoms with van der Waals surface area (Å²) in [6.07, 6.45) is 79.2. The Morgan fingerprint density at radius 2 is 0.744 bits per heavy atom. The highest BCUT2D eigenvalue weighted by Gasteiger charge is 2.27. The summed E-state index contributed by atoms with van der Waals surface area (Å²) in [5, 5.41) is 3.04. The maximum absolute atomic E-state index is 13.6. The molecule has 0 bridgehead atoms. The molecule has 10 heteroatoms. The van der Waals surface area contributed by atoms with Crippen LogP contribution in [0.3, 0.4) is 0 Å². The first-order valence-corrected chi connectivity index (χ1v) is 36.6. The number of carbonyl (C=O) groups is 2. The van der Waals surface area contributed by atoms with E-state index in [0.717, 1.165) is 77.0 Å². The van der Waals surface area contributed by atoms with Gasteiger partial charge < -0.3 is 28.5 Å². The molecule has 0 saturated carbocycles. The van der Waals surface area contributed by atoms with Gasteiger partial charge in [-0.05, 0) is 96.0 Å². The van der Waals surface area contributed by atoms with Crippen LogP contribution in [0.2, 0.25) is 0 Å². The summed E-state index contributed by atoms with van der Waals surface area (Å²) < 4.78 is 30.4. The summed E-state index contributed by atoms with van der Waals surface area (Å²) in [5.74, 6) is -0.555. The van der Waals surface area contributed by atoms with Gasteiger partial charge in [0.25, 0.3) is 7.82 Å². The molecule has 0 spiro atoms. The van der Waals surface area contributed by atoms with Crippen LogP contribution < -0.4 is 10.2 Å². The number of hydrogen-bond acceptors (Lipinski definition) is 7. The van der Waals surface area contributed by atoms with Crippen molar-refractivity contribution in [1.82, 2.24) is 5.32 Å². The number of rotatable bonds is 64. The predicted molar refractivity (Wildman–Crippen MR) is 353 cm³/mol. The van der Waals surface area contributed by atoms with Crippen LogP contribution in [-0.2, 0) is 27.9 Å². The topological polar surface area (TPSA) is 114 Å². The first-order chi connectivity index (χ1) is 39.9. The molecular weight excluding hydrogens is 1040 g/mol. The molecule has 3 unspecified atom stereocenters. The Morgan fingerprint density at radius 3 is 1.15 bits per heavy atom. The largest absolute Gasteiger partial charge is 0.756 e. The fourth-order valence-corrected chi connectivity index (χ4v) is 11.0. The van der Waals surface area contributed by atoms with E-state index in [2.05, 4.69) is 74.7 Å². The minimum atomic E-state index is -4.71. The molecule has 0 aromatic carbocycles. The van der Waals surface area contributed by atoms with Crippen LogP contribution in [0.1, 0.15) is 335 Å². The lowest BCUT2D eigenvalue weighted by Crippen LogP contribution is -2.47. The van der Waals surface area contributed by atoms with Crippen LogP contribution in [0.4, 0.5) is 0 Å². The Labute approximate surface area is 509 Å².